The summed E-state index contributed by atoms with van der Waals surface area (Å²) in [6.45, 7) is 1.80. The minimum atomic E-state index is -0.648. The summed E-state index contributed by atoms with van der Waals surface area (Å²) in [7, 11) is 0. The minimum absolute atomic E-state index is 0.0223. The van der Waals surface area contributed by atoms with Crippen LogP contribution in [-0.2, 0) is 19.1 Å². The molecule has 1 unspecified atom stereocenters. The molecule has 1 atom stereocenters. The lowest BCUT2D eigenvalue weighted by atomic mass is 10.00. The lowest BCUT2D eigenvalue weighted by Crippen LogP contribution is -2.56. The molecule has 8 heteroatoms. The van der Waals surface area contributed by atoms with Crippen LogP contribution in [0.1, 0.15) is 19.3 Å². The van der Waals surface area contributed by atoms with Crippen LogP contribution in [0, 0.1) is 5.82 Å². The zero-order valence-corrected chi connectivity index (χ0v) is 15.0. The number of ether oxygens (including phenoxy) is 1. The number of hydrogen-bond acceptors (Lipinski definition) is 4. The van der Waals surface area contributed by atoms with Crippen molar-refractivity contribution >= 4 is 23.4 Å². The van der Waals surface area contributed by atoms with Crippen LogP contribution >= 0.6 is 0 Å². The van der Waals surface area contributed by atoms with Crippen molar-refractivity contribution in [3.8, 4) is 0 Å². The normalized spacial score (nSPS) is 25.7. The summed E-state index contributed by atoms with van der Waals surface area (Å²) in [5, 5.41) is 0. The monoisotopic (exact) mass is 375 g/mol. The molecule has 144 valence electrons. The van der Waals surface area contributed by atoms with Crippen molar-refractivity contribution < 1.29 is 23.5 Å². The number of carbonyl (C=O) groups excluding carboxylic acids is 3. The van der Waals surface area contributed by atoms with Crippen molar-refractivity contribution in [2.24, 2.45) is 0 Å². The molecule has 0 saturated carbocycles. The third-order valence-corrected chi connectivity index (χ3v) is 5.54. The summed E-state index contributed by atoms with van der Waals surface area (Å²) in [5.41, 5.74) is -0.152. The molecule has 3 aliphatic heterocycles. The van der Waals surface area contributed by atoms with Gasteiger partial charge >= 0.3 is 0 Å². The molecular formula is C19H22FN3O4. The average molecular weight is 375 g/mol. The summed E-state index contributed by atoms with van der Waals surface area (Å²) in [6.07, 6.45) is 1.90. The molecule has 0 N–H and O–H groups in total. The number of hydrogen-bond donors (Lipinski definition) is 0. The highest BCUT2D eigenvalue weighted by Gasteiger charge is 2.46. The van der Waals surface area contributed by atoms with E-state index in [1.165, 1.54) is 17.0 Å². The van der Waals surface area contributed by atoms with Gasteiger partial charge in [0.05, 0.1) is 19.6 Å². The van der Waals surface area contributed by atoms with Crippen molar-refractivity contribution in [1.29, 1.82) is 0 Å². The molecule has 7 nitrogen and oxygen atoms in total. The Labute approximate surface area is 156 Å². The van der Waals surface area contributed by atoms with E-state index in [1.807, 2.05) is 0 Å². The number of morpholine rings is 1. The maximum Gasteiger partial charge on any atom is 0.253 e. The van der Waals surface area contributed by atoms with Gasteiger partial charge in [-0.05, 0) is 31.0 Å². The summed E-state index contributed by atoms with van der Waals surface area (Å²) < 4.78 is 19.4. The smallest absolute Gasteiger partial charge is 0.253 e. The van der Waals surface area contributed by atoms with Crippen LogP contribution in [0.25, 0.3) is 0 Å². The molecule has 0 radical (unpaired) electrons. The fraction of sp³-hybridized carbons (Fsp3) is 0.526. The predicted molar refractivity (Wildman–Crippen MR) is 94.4 cm³/mol. The lowest BCUT2D eigenvalue weighted by molar-refractivity contribution is -0.141. The molecule has 3 heterocycles. The van der Waals surface area contributed by atoms with Gasteiger partial charge in [0.15, 0.2) is 0 Å². The number of likely N-dealkylation sites (tertiary alicyclic amines) is 2. The van der Waals surface area contributed by atoms with E-state index in [0.29, 0.717) is 38.2 Å². The van der Waals surface area contributed by atoms with Gasteiger partial charge in [-0.2, -0.15) is 0 Å². The second-order valence-electron chi connectivity index (χ2n) is 7.42. The van der Waals surface area contributed by atoms with Gasteiger partial charge in [0.1, 0.15) is 18.0 Å². The maximum atomic E-state index is 13.6. The fourth-order valence-corrected chi connectivity index (χ4v) is 4.03. The van der Waals surface area contributed by atoms with E-state index in [-0.39, 0.29) is 37.4 Å². The van der Waals surface area contributed by atoms with Gasteiger partial charge in [-0.1, -0.05) is 6.07 Å². The van der Waals surface area contributed by atoms with Crippen LogP contribution in [0.5, 0.6) is 0 Å². The quantitative estimate of drug-likeness (QED) is 0.783. The second kappa shape index (κ2) is 6.92. The molecule has 1 aromatic carbocycles. The number of halogens is 1. The molecule has 0 aromatic heterocycles. The zero-order chi connectivity index (χ0) is 19.0. The van der Waals surface area contributed by atoms with Crippen LogP contribution < -0.4 is 4.90 Å². The molecule has 27 heavy (non-hydrogen) atoms. The molecule has 3 fully saturated rings. The Kier molecular flexibility index (Phi) is 4.59. The van der Waals surface area contributed by atoms with Gasteiger partial charge in [-0.25, -0.2) is 4.39 Å². The maximum absolute atomic E-state index is 13.6. The molecule has 1 spiro atoms. The average Bonchev–Trinajstić information content (AvgIpc) is 3.24. The van der Waals surface area contributed by atoms with E-state index in [4.69, 9.17) is 4.74 Å². The molecule has 1 aromatic rings. The Morgan fingerprint density at radius 2 is 2.04 bits per heavy atom. The van der Waals surface area contributed by atoms with E-state index in [2.05, 4.69) is 0 Å². The van der Waals surface area contributed by atoms with Gasteiger partial charge in [0, 0.05) is 25.2 Å². The van der Waals surface area contributed by atoms with Gasteiger partial charge in [0.2, 0.25) is 11.8 Å². The standard InChI is InChI=1S/C19H22FN3O4/c20-14-3-1-4-15(9-14)23-13-19(27-11-18(23)26)6-8-22(12-19)17(25)10-21-7-2-5-16(21)24/h1,3-4,9H,2,5-8,10-13H2. The molecule has 3 saturated heterocycles. The van der Waals surface area contributed by atoms with E-state index in [0.717, 1.165) is 6.42 Å². The number of rotatable bonds is 3. The van der Waals surface area contributed by atoms with Crippen molar-refractivity contribution in [3.63, 3.8) is 0 Å². The van der Waals surface area contributed by atoms with E-state index in [9.17, 15) is 18.8 Å². The number of anilines is 1. The highest BCUT2D eigenvalue weighted by molar-refractivity contribution is 5.95. The Bertz CT molecular complexity index is 786. The zero-order valence-electron chi connectivity index (χ0n) is 15.0. The highest BCUT2D eigenvalue weighted by Crippen LogP contribution is 2.32. The first-order valence-corrected chi connectivity index (χ1v) is 9.21. The summed E-state index contributed by atoms with van der Waals surface area (Å²) in [5.74, 6) is -0.702. The summed E-state index contributed by atoms with van der Waals surface area (Å²) >= 11 is 0. The SMILES string of the molecule is O=C1CCCN1CC(=O)N1CCC2(C1)CN(c1cccc(F)c1)C(=O)CO2. The first-order chi connectivity index (χ1) is 13.0. The van der Waals surface area contributed by atoms with Crippen LogP contribution in [0.2, 0.25) is 0 Å². The van der Waals surface area contributed by atoms with Crippen molar-refractivity contribution in [2.45, 2.75) is 24.9 Å². The van der Waals surface area contributed by atoms with Crippen molar-refractivity contribution in [2.75, 3.05) is 44.2 Å². The number of benzene rings is 1. The topological polar surface area (TPSA) is 70.2 Å². The molecule has 3 amide bonds. The third-order valence-electron chi connectivity index (χ3n) is 5.54. The molecule has 0 bridgehead atoms. The van der Waals surface area contributed by atoms with Gasteiger partial charge in [-0.15, -0.1) is 0 Å². The Balaban J connectivity index is 1.44. The van der Waals surface area contributed by atoms with Gasteiger partial charge in [0.25, 0.3) is 5.91 Å². The van der Waals surface area contributed by atoms with Crippen LogP contribution in [0.15, 0.2) is 24.3 Å². The Hall–Kier alpha value is -2.48. The van der Waals surface area contributed by atoms with Gasteiger partial charge < -0.3 is 19.4 Å². The van der Waals surface area contributed by atoms with Crippen LogP contribution in [0.4, 0.5) is 10.1 Å². The highest BCUT2D eigenvalue weighted by atomic mass is 19.1. The largest absolute Gasteiger partial charge is 0.361 e. The number of amides is 3. The lowest BCUT2D eigenvalue weighted by Gasteiger charge is -2.40. The number of carbonyl (C=O) groups is 3. The van der Waals surface area contributed by atoms with Crippen molar-refractivity contribution in [1.82, 2.24) is 9.80 Å². The second-order valence-corrected chi connectivity index (χ2v) is 7.42. The summed E-state index contributed by atoms with van der Waals surface area (Å²) in [4.78, 5) is 41.4. The Morgan fingerprint density at radius 3 is 2.78 bits per heavy atom. The minimum Gasteiger partial charge on any atom is -0.361 e. The van der Waals surface area contributed by atoms with Gasteiger partial charge in [-0.3, -0.25) is 14.4 Å². The van der Waals surface area contributed by atoms with E-state index < -0.39 is 11.4 Å². The molecule has 4 rings (SSSR count). The summed E-state index contributed by atoms with van der Waals surface area (Å²) in [6, 6.07) is 5.92. The fourth-order valence-electron chi connectivity index (χ4n) is 4.03. The first kappa shape index (κ1) is 17.9. The first-order valence-electron chi connectivity index (χ1n) is 9.21. The molecule has 3 aliphatic rings. The van der Waals surface area contributed by atoms with Crippen LogP contribution in [-0.4, -0.2) is 72.5 Å². The predicted octanol–water partition coefficient (Wildman–Crippen LogP) is 0.782. The third kappa shape index (κ3) is 3.53. The van der Waals surface area contributed by atoms with E-state index >= 15 is 0 Å². The Morgan fingerprint density at radius 1 is 1.19 bits per heavy atom. The van der Waals surface area contributed by atoms with E-state index in [1.54, 1.807) is 21.9 Å². The van der Waals surface area contributed by atoms with Crippen molar-refractivity contribution in [3.05, 3.63) is 30.1 Å². The number of nitrogens with zero attached hydrogens (tertiary/aromatic N) is 3. The molecular weight excluding hydrogens is 353 g/mol. The van der Waals surface area contributed by atoms with Crippen LogP contribution in [0.3, 0.4) is 0 Å². The molecule has 0 aliphatic carbocycles.